The summed E-state index contributed by atoms with van der Waals surface area (Å²) < 4.78 is 5.18. The fraction of sp³-hybridized carbons (Fsp3) is 1.00. The van der Waals surface area contributed by atoms with Crippen molar-refractivity contribution < 1.29 is 4.74 Å². The highest BCUT2D eigenvalue weighted by atomic mass is 16.5. The molecule has 0 aromatic carbocycles. The Kier molecular flexibility index (Phi) is 2.32. The molecule has 1 fully saturated rings. The van der Waals surface area contributed by atoms with E-state index in [4.69, 9.17) is 4.74 Å². The highest BCUT2D eigenvalue weighted by molar-refractivity contribution is 4.80. The number of hydrogen-bond donors (Lipinski definition) is 1. The molecule has 1 saturated heterocycles. The van der Waals surface area contributed by atoms with Crippen molar-refractivity contribution in [1.82, 2.24) is 5.32 Å². The second-order valence-corrected chi connectivity index (χ2v) is 3.96. The zero-order valence-corrected chi connectivity index (χ0v) is 7.11. The van der Waals surface area contributed by atoms with Crippen LogP contribution in [0.25, 0.3) is 0 Å². The molecule has 0 radical (unpaired) electrons. The Morgan fingerprint density at radius 1 is 1.40 bits per heavy atom. The number of nitrogens with one attached hydrogen (secondary N) is 1. The van der Waals surface area contributed by atoms with E-state index in [1.165, 1.54) is 0 Å². The quantitative estimate of drug-likeness (QED) is 0.553. The van der Waals surface area contributed by atoms with Gasteiger partial charge in [-0.2, -0.15) is 0 Å². The molecular weight excluding hydrogens is 126 g/mol. The van der Waals surface area contributed by atoms with Crippen molar-refractivity contribution >= 4 is 0 Å². The van der Waals surface area contributed by atoms with Crippen molar-refractivity contribution in [1.29, 1.82) is 0 Å². The van der Waals surface area contributed by atoms with Gasteiger partial charge in [0.25, 0.3) is 0 Å². The van der Waals surface area contributed by atoms with E-state index in [0.29, 0.717) is 11.5 Å². The minimum Gasteiger partial charge on any atom is -0.366 e. The summed E-state index contributed by atoms with van der Waals surface area (Å²) >= 11 is 0. The van der Waals surface area contributed by atoms with E-state index < -0.39 is 0 Å². The van der Waals surface area contributed by atoms with Crippen molar-refractivity contribution in [3.8, 4) is 0 Å². The van der Waals surface area contributed by atoms with E-state index in [0.717, 1.165) is 19.8 Å². The average molecular weight is 143 g/mol. The van der Waals surface area contributed by atoms with E-state index in [2.05, 4.69) is 26.1 Å². The summed E-state index contributed by atoms with van der Waals surface area (Å²) in [6, 6.07) is 0.626. The molecule has 1 heterocycles. The molecule has 2 heteroatoms. The lowest BCUT2D eigenvalue weighted by atomic mass is 9.85. The minimum absolute atomic E-state index is 0.379. The van der Waals surface area contributed by atoms with E-state index >= 15 is 0 Å². The predicted molar refractivity (Wildman–Crippen MR) is 41.8 cm³/mol. The lowest BCUT2D eigenvalue weighted by Gasteiger charge is -2.34. The molecule has 0 aliphatic carbocycles. The Bertz CT molecular complexity index is 100. The molecule has 2 nitrogen and oxygen atoms in total. The highest BCUT2D eigenvalue weighted by Crippen LogP contribution is 2.22. The lowest BCUT2D eigenvalue weighted by Crippen LogP contribution is -2.45. The third-order valence-corrected chi connectivity index (χ3v) is 2.03. The van der Waals surface area contributed by atoms with Gasteiger partial charge in [-0.15, -0.1) is 0 Å². The van der Waals surface area contributed by atoms with Crippen molar-refractivity contribution in [2.45, 2.75) is 33.2 Å². The molecule has 1 aliphatic heterocycles. The molecule has 10 heavy (non-hydrogen) atoms. The van der Waals surface area contributed by atoms with Crippen LogP contribution in [0.3, 0.4) is 0 Å². The Morgan fingerprint density at radius 3 is 2.40 bits per heavy atom. The van der Waals surface area contributed by atoms with E-state index in [-0.39, 0.29) is 0 Å². The van der Waals surface area contributed by atoms with E-state index in [1.54, 1.807) is 0 Å². The molecule has 1 atom stereocenters. The number of rotatable bonds is 0. The van der Waals surface area contributed by atoms with Crippen LogP contribution < -0.4 is 5.32 Å². The van der Waals surface area contributed by atoms with Crippen LogP contribution in [0.4, 0.5) is 0 Å². The Labute approximate surface area is 63.0 Å². The summed E-state index contributed by atoms with van der Waals surface area (Å²) in [6.45, 7) is 8.42. The van der Waals surface area contributed by atoms with Crippen LogP contribution in [-0.4, -0.2) is 19.4 Å². The van der Waals surface area contributed by atoms with Crippen LogP contribution in [0.1, 0.15) is 27.2 Å². The van der Waals surface area contributed by atoms with Gasteiger partial charge in [-0.05, 0) is 11.8 Å². The molecule has 0 amide bonds. The summed E-state index contributed by atoms with van der Waals surface area (Å²) in [5.74, 6) is 0. The van der Waals surface area contributed by atoms with Gasteiger partial charge in [0.15, 0.2) is 0 Å². The third kappa shape index (κ3) is 1.96. The van der Waals surface area contributed by atoms with Gasteiger partial charge in [0.2, 0.25) is 0 Å². The zero-order valence-electron chi connectivity index (χ0n) is 7.11. The Balaban J connectivity index is 2.39. The molecule has 0 spiro atoms. The maximum atomic E-state index is 5.18. The van der Waals surface area contributed by atoms with Crippen LogP contribution in [0.5, 0.6) is 0 Å². The van der Waals surface area contributed by atoms with Gasteiger partial charge in [-0.3, -0.25) is 5.32 Å². The highest BCUT2D eigenvalue weighted by Gasteiger charge is 2.25. The first-order chi connectivity index (χ1) is 4.61. The zero-order chi connectivity index (χ0) is 7.61. The SMILES string of the molecule is CC(C)(C)C1CCOCN1. The Hall–Kier alpha value is -0.0800. The second-order valence-electron chi connectivity index (χ2n) is 3.96. The van der Waals surface area contributed by atoms with E-state index in [1.807, 2.05) is 0 Å². The van der Waals surface area contributed by atoms with E-state index in [9.17, 15) is 0 Å². The molecular formula is C8H17NO. The second kappa shape index (κ2) is 2.89. The molecule has 0 saturated carbocycles. The molecule has 0 aromatic rings. The van der Waals surface area contributed by atoms with Crippen LogP contribution in [-0.2, 0) is 4.74 Å². The third-order valence-electron chi connectivity index (χ3n) is 2.03. The van der Waals surface area contributed by atoms with Gasteiger partial charge < -0.3 is 4.74 Å². The summed E-state index contributed by atoms with van der Waals surface area (Å²) in [7, 11) is 0. The molecule has 1 N–H and O–H groups in total. The summed E-state index contributed by atoms with van der Waals surface area (Å²) in [5, 5.41) is 3.34. The monoisotopic (exact) mass is 143 g/mol. The topological polar surface area (TPSA) is 21.3 Å². The van der Waals surface area contributed by atoms with Crippen molar-refractivity contribution in [3.63, 3.8) is 0 Å². The molecule has 0 bridgehead atoms. The molecule has 0 aromatic heterocycles. The number of hydrogen-bond acceptors (Lipinski definition) is 2. The molecule has 1 unspecified atom stereocenters. The number of ether oxygens (including phenoxy) is 1. The van der Waals surface area contributed by atoms with Crippen LogP contribution in [0, 0.1) is 5.41 Å². The first-order valence-electron chi connectivity index (χ1n) is 3.92. The minimum atomic E-state index is 0.379. The largest absolute Gasteiger partial charge is 0.366 e. The molecule has 1 rings (SSSR count). The van der Waals surface area contributed by atoms with Crippen molar-refractivity contribution in [3.05, 3.63) is 0 Å². The van der Waals surface area contributed by atoms with Crippen molar-refractivity contribution in [2.75, 3.05) is 13.3 Å². The van der Waals surface area contributed by atoms with Gasteiger partial charge in [0, 0.05) is 12.6 Å². The van der Waals surface area contributed by atoms with Crippen LogP contribution in [0.15, 0.2) is 0 Å². The Morgan fingerprint density at radius 2 is 2.10 bits per heavy atom. The van der Waals surface area contributed by atoms with Crippen LogP contribution >= 0.6 is 0 Å². The smallest absolute Gasteiger partial charge is 0.0967 e. The molecule has 60 valence electrons. The van der Waals surface area contributed by atoms with Gasteiger partial charge in [-0.25, -0.2) is 0 Å². The van der Waals surface area contributed by atoms with Gasteiger partial charge in [0.05, 0.1) is 6.73 Å². The first-order valence-corrected chi connectivity index (χ1v) is 3.92. The van der Waals surface area contributed by atoms with Gasteiger partial charge in [0.1, 0.15) is 0 Å². The maximum Gasteiger partial charge on any atom is 0.0967 e. The summed E-state index contributed by atoms with van der Waals surface area (Å²) in [5.41, 5.74) is 0.379. The van der Waals surface area contributed by atoms with Gasteiger partial charge >= 0.3 is 0 Å². The first kappa shape index (κ1) is 8.02. The fourth-order valence-corrected chi connectivity index (χ4v) is 1.27. The fourth-order valence-electron chi connectivity index (χ4n) is 1.27. The standard InChI is InChI=1S/C8H17NO/c1-8(2,3)7-4-5-10-6-9-7/h7,9H,4-6H2,1-3H3. The summed E-state index contributed by atoms with van der Waals surface area (Å²) in [4.78, 5) is 0. The van der Waals surface area contributed by atoms with Gasteiger partial charge in [-0.1, -0.05) is 20.8 Å². The lowest BCUT2D eigenvalue weighted by molar-refractivity contribution is 0.0326. The normalized spacial score (nSPS) is 28.5. The average Bonchev–Trinajstić information content (AvgIpc) is 1.88. The van der Waals surface area contributed by atoms with Crippen molar-refractivity contribution in [2.24, 2.45) is 5.41 Å². The van der Waals surface area contributed by atoms with Crippen LogP contribution in [0.2, 0.25) is 0 Å². The molecule has 1 aliphatic rings. The summed E-state index contributed by atoms with van der Waals surface area (Å²) in [6.07, 6.45) is 1.14. The predicted octanol–water partition coefficient (Wildman–Crippen LogP) is 1.37. The maximum absolute atomic E-state index is 5.18.